The molecule has 0 radical (unpaired) electrons. The number of carboxylic acids is 1. The highest BCUT2D eigenvalue weighted by atomic mass is 32.1. The highest BCUT2D eigenvalue weighted by molar-refractivity contribution is 7.11. The van der Waals surface area contributed by atoms with Crippen LogP contribution >= 0.6 is 11.3 Å². The monoisotopic (exact) mass is 282 g/mol. The quantitative estimate of drug-likeness (QED) is 0.891. The van der Waals surface area contributed by atoms with Crippen LogP contribution in [0, 0.1) is 12.8 Å². The number of carboxylic acid groups (broad SMARTS) is 1. The molecule has 0 aromatic carbocycles. The van der Waals surface area contributed by atoms with Gasteiger partial charge < -0.3 is 10.4 Å². The van der Waals surface area contributed by atoms with Crippen LogP contribution in [0.4, 0.5) is 0 Å². The fraction of sp³-hybridized carbons (Fsp3) is 0.615. The SMILES string of the molecule is Cc1ncsc1C(=O)NC1(C(=O)O)CCCCC1C. The number of carbonyl (C=O) groups excluding carboxylic acids is 1. The Hall–Kier alpha value is -1.43. The van der Waals surface area contributed by atoms with Crippen molar-refractivity contribution in [2.24, 2.45) is 5.92 Å². The van der Waals surface area contributed by atoms with Crippen LogP contribution in [0.5, 0.6) is 0 Å². The van der Waals surface area contributed by atoms with E-state index in [4.69, 9.17) is 0 Å². The van der Waals surface area contributed by atoms with Crippen molar-refractivity contribution in [3.05, 3.63) is 16.1 Å². The molecule has 1 aromatic heterocycles. The lowest BCUT2D eigenvalue weighted by molar-refractivity contribution is -0.148. The van der Waals surface area contributed by atoms with Crippen molar-refractivity contribution in [3.8, 4) is 0 Å². The molecule has 0 spiro atoms. The molecule has 5 nitrogen and oxygen atoms in total. The summed E-state index contributed by atoms with van der Waals surface area (Å²) in [6.45, 7) is 3.65. The molecule has 2 N–H and O–H groups in total. The topological polar surface area (TPSA) is 79.3 Å². The van der Waals surface area contributed by atoms with Gasteiger partial charge in [-0.3, -0.25) is 4.79 Å². The molecule has 1 aromatic rings. The second kappa shape index (κ2) is 5.28. The molecule has 2 atom stereocenters. The zero-order valence-corrected chi connectivity index (χ0v) is 11.9. The van der Waals surface area contributed by atoms with Crippen molar-refractivity contribution in [1.82, 2.24) is 10.3 Å². The summed E-state index contributed by atoms with van der Waals surface area (Å²) in [5, 5.41) is 12.3. The fourth-order valence-corrected chi connectivity index (χ4v) is 3.38. The lowest BCUT2D eigenvalue weighted by Crippen LogP contribution is -2.59. The zero-order chi connectivity index (χ0) is 14.0. The molecule has 104 valence electrons. The predicted molar refractivity (Wildman–Crippen MR) is 72.3 cm³/mol. The molecule has 0 aliphatic heterocycles. The van der Waals surface area contributed by atoms with Crippen LogP contribution in [-0.4, -0.2) is 27.5 Å². The first-order chi connectivity index (χ1) is 8.97. The van der Waals surface area contributed by atoms with Crippen LogP contribution in [0.15, 0.2) is 5.51 Å². The van der Waals surface area contributed by atoms with E-state index in [1.807, 2.05) is 6.92 Å². The molecule has 1 aliphatic rings. The Balaban J connectivity index is 2.24. The maximum absolute atomic E-state index is 12.2. The number of aromatic nitrogens is 1. The molecule has 19 heavy (non-hydrogen) atoms. The molecule has 1 saturated carbocycles. The lowest BCUT2D eigenvalue weighted by atomic mass is 9.73. The Kier molecular flexibility index (Phi) is 3.89. The third kappa shape index (κ3) is 2.49. The number of nitrogens with one attached hydrogen (secondary N) is 1. The molecular formula is C13H18N2O3S. The Morgan fingerprint density at radius 1 is 1.53 bits per heavy atom. The maximum atomic E-state index is 12.2. The summed E-state index contributed by atoms with van der Waals surface area (Å²) in [5.74, 6) is -1.32. The largest absolute Gasteiger partial charge is 0.479 e. The van der Waals surface area contributed by atoms with Gasteiger partial charge in [-0.2, -0.15) is 0 Å². The maximum Gasteiger partial charge on any atom is 0.329 e. The minimum absolute atomic E-state index is 0.0593. The molecule has 0 bridgehead atoms. The van der Waals surface area contributed by atoms with Gasteiger partial charge in [-0.05, 0) is 25.7 Å². The van der Waals surface area contributed by atoms with Gasteiger partial charge in [-0.25, -0.2) is 9.78 Å². The van der Waals surface area contributed by atoms with Crippen molar-refractivity contribution >= 4 is 23.2 Å². The first-order valence-electron chi connectivity index (χ1n) is 6.43. The van der Waals surface area contributed by atoms with Gasteiger partial charge in [0.1, 0.15) is 10.4 Å². The number of carbonyl (C=O) groups is 2. The van der Waals surface area contributed by atoms with E-state index in [0.29, 0.717) is 17.0 Å². The second-order valence-corrected chi connectivity index (χ2v) is 6.00. The number of hydrogen-bond acceptors (Lipinski definition) is 4. The minimum Gasteiger partial charge on any atom is -0.479 e. The van der Waals surface area contributed by atoms with E-state index in [-0.39, 0.29) is 11.8 Å². The number of amides is 1. The Morgan fingerprint density at radius 3 is 2.79 bits per heavy atom. The van der Waals surface area contributed by atoms with Crippen molar-refractivity contribution in [2.45, 2.75) is 45.1 Å². The van der Waals surface area contributed by atoms with Gasteiger partial charge in [0.05, 0.1) is 11.2 Å². The van der Waals surface area contributed by atoms with Crippen LogP contribution in [0.1, 0.15) is 48.0 Å². The average Bonchev–Trinajstić information content (AvgIpc) is 2.78. The Bertz CT molecular complexity index is 500. The first kappa shape index (κ1) is 14.0. The first-order valence-corrected chi connectivity index (χ1v) is 7.31. The van der Waals surface area contributed by atoms with Crippen LogP contribution in [-0.2, 0) is 4.79 Å². The van der Waals surface area contributed by atoms with Gasteiger partial charge >= 0.3 is 5.97 Å². The third-order valence-corrected chi connectivity index (χ3v) is 4.90. The number of nitrogens with zero attached hydrogens (tertiary/aromatic N) is 1. The van der Waals surface area contributed by atoms with E-state index in [0.717, 1.165) is 19.3 Å². The fourth-order valence-electron chi connectivity index (χ4n) is 2.68. The third-order valence-electron chi connectivity index (χ3n) is 3.97. The van der Waals surface area contributed by atoms with Crippen LogP contribution < -0.4 is 5.32 Å². The van der Waals surface area contributed by atoms with E-state index >= 15 is 0 Å². The standard InChI is InChI=1S/C13H18N2O3S/c1-8-5-3-4-6-13(8,12(17)18)15-11(16)10-9(2)14-7-19-10/h7-8H,3-6H2,1-2H3,(H,15,16)(H,17,18). The number of hydrogen-bond donors (Lipinski definition) is 2. The highest BCUT2D eigenvalue weighted by Crippen LogP contribution is 2.34. The summed E-state index contributed by atoms with van der Waals surface area (Å²) < 4.78 is 0. The lowest BCUT2D eigenvalue weighted by Gasteiger charge is -2.39. The summed E-state index contributed by atoms with van der Waals surface area (Å²) in [6.07, 6.45) is 3.17. The molecule has 2 unspecified atom stereocenters. The summed E-state index contributed by atoms with van der Waals surface area (Å²) in [7, 11) is 0. The molecule has 1 amide bonds. The van der Waals surface area contributed by atoms with Gasteiger partial charge in [0.2, 0.25) is 0 Å². The van der Waals surface area contributed by atoms with Gasteiger partial charge in [0.25, 0.3) is 5.91 Å². The minimum atomic E-state index is -1.13. The van der Waals surface area contributed by atoms with Crippen molar-refractivity contribution < 1.29 is 14.7 Å². The molecular weight excluding hydrogens is 264 g/mol. The second-order valence-electron chi connectivity index (χ2n) is 5.14. The van der Waals surface area contributed by atoms with E-state index in [1.54, 1.807) is 12.4 Å². The molecule has 1 aliphatic carbocycles. The normalized spacial score (nSPS) is 26.9. The van der Waals surface area contributed by atoms with Crippen molar-refractivity contribution in [3.63, 3.8) is 0 Å². The summed E-state index contributed by atoms with van der Waals surface area (Å²) in [4.78, 5) is 28.4. The van der Waals surface area contributed by atoms with Gasteiger partial charge in [0.15, 0.2) is 0 Å². The van der Waals surface area contributed by atoms with E-state index < -0.39 is 11.5 Å². The van der Waals surface area contributed by atoms with Crippen LogP contribution in [0.2, 0.25) is 0 Å². The zero-order valence-electron chi connectivity index (χ0n) is 11.1. The number of aryl methyl sites for hydroxylation is 1. The summed E-state index contributed by atoms with van der Waals surface area (Å²) in [5.41, 5.74) is 1.11. The smallest absolute Gasteiger partial charge is 0.329 e. The Morgan fingerprint density at radius 2 is 2.26 bits per heavy atom. The molecule has 0 saturated heterocycles. The van der Waals surface area contributed by atoms with Crippen LogP contribution in [0.25, 0.3) is 0 Å². The number of thiazole rings is 1. The number of aliphatic carboxylic acids is 1. The average molecular weight is 282 g/mol. The number of rotatable bonds is 3. The molecule has 2 rings (SSSR count). The van der Waals surface area contributed by atoms with Crippen molar-refractivity contribution in [2.75, 3.05) is 0 Å². The summed E-state index contributed by atoms with van der Waals surface area (Å²) in [6, 6.07) is 0. The van der Waals surface area contributed by atoms with Gasteiger partial charge in [0, 0.05) is 0 Å². The summed E-state index contributed by atoms with van der Waals surface area (Å²) >= 11 is 1.24. The molecule has 1 heterocycles. The van der Waals surface area contributed by atoms with Gasteiger partial charge in [-0.15, -0.1) is 11.3 Å². The Labute approximate surface area is 116 Å². The van der Waals surface area contributed by atoms with Crippen LogP contribution in [0.3, 0.4) is 0 Å². The van der Waals surface area contributed by atoms with Gasteiger partial charge in [-0.1, -0.05) is 19.8 Å². The van der Waals surface area contributed by atoms with E-state index in [2.05, 4.69) is 10.3 Å². The highest BCUT2D eigenvalue weighted by Gasteiger charge is 2.46. The van der Waals surface area contributed by atoms with E-state index in [9.17, 15) is 14.7 Å². The predicted octanol–water partition coefficient (Wildman–Crippen LogP) is 2.21. The molecule has 1 fully saturated rings. The molecule has 6 heteroatoms. The van der Waals surface area contributed by atoms with Crippen molar-refractivity contribution in [1.29, 1.82) is 0 Å². The van der Waals surface area contributed by atoms with E-state index in [1.165, 1.54) is 11.3 Å².